The highest BCUT2D eigenvalue weighted by atomic mass is 16.5. The number of rotatable bonds is 4. The molecule has 0 aromatic carbocycles. The van der Waals surface area contributed by atoms with Crippen LogP contribution in [0, 0.1) is 12.8 Å². The van der Waals surface area contributed by atoms with Crippen molar-refractivity contribution < 1.29 is 9.53 Å². The van der Waals surface area contributed by atoms with E-state index in [-0.39, 0.29) is 11.9 Å². The Balaban J connectivity index is 1.90. The zero-order valence-electron chi connectivity index (χ0n) is 11.7. The minimum absolute atomic E-state index is 0.0386. The van der Waals surface area contributed by atoms with Crippen LogP contribution in [0.15, 0.2) is 18.3 Å². The highest BCUT2D eigenvalue weighted by Crippen LogP contribution is 2.27. The molecule has 1 fully saturated rings. The molecule has 1 aromatic rings. The molecule has 0 aliphatic heterocycles. The van der Waals surface area contributed by atoms with Crippen LogP contribution in [-0.2, 0) is 9.53 Å². The number of ether oxygens (including phenoxy) is 1. The van der Waals surface area contributed by atoms with Gasteiger partial charge in [0.05, 0.1) is 12.5 Å². The Morgan fingerprint density at radius 3 is 3.00 bits per heavy atom. The van der Waals surface area contributed by atoms with E-state index < -0.39 is 0 Å². The lowest BCUT2D eigenvalue weighted by molar-refractivity contribution is -0.149. The van der Waals surface area contributed by atoms with Gasteiger partial charge in [-0.05, 0) is 44.7 Å². The van der Waals surface area contributed by atoms with Gasteiger partial charge in [-0.2, -0.15) is 0 Å². The van der Waals surface area contributed by atoms with E-state index in [1.165, 1.54) is 0 Å². The van der Waals surface area contributed by atoms with Crippen molar-refractivity contribution in [3.63, 3.8) is 0 Å². The zero-order valence-corrected chi connectivity index (χ0v) is 11.7. The Hall–Kier alpha value is -1.58. The summed E-state index contributed by atoms with van der Waals surface area (Å²) in [5.74, 6) is 0.877. The van der Waals surface area contributed by atoms with Crippen LogP contribution in [0.1, 0.15) is 38.2 Å². The largest absolute Gasteiger partial charge is 0.466 e. The van der Waals surface area contributed by atoms with E-state index in [1.807, 2.05) is 32.2 Å². The van der Waals surface area contributed by atoms with E-state index in [0.717, 1.165) is 37.1 Å². The van der Waals surface area contributed by atoms with Crippen LogP contribution < -0.4 is 5.32 Å². The summed E-state index contributed by atoms with van der Waals surface area (Å²) in [5.41, 5.74) is 1.15. The van der Waals surface area contributed by atoms with Gasteiger partial charge in [-0.15, -0.1) is 0 Å². The van der Waals surface area contributed by atoms with Crippen molar-refractivity contribution in [2.45, 2.75) is 45.6 Å². The van der Waals surface area contributed by atoms with Gasteiger partial charge in [0.15, 0.2) is 0 Å². The molecule has 2 rings (SSSR count). The van der Waals surface area contributed by atoms with Gasteiger partial charge >= 0.3 is 5.97 Å². The number of carbonyl (C=O) groups is 1. The summed E-state index contributed by atoms with van der Waals surface area (Å²) >= 11 is 0. The summed E-state index contributed by atoms with van der Waals surface area (Å²) in [6.45, 7) is 4.34. The van der Waals surface area contributed by atoms with Crippen LogP contribution in [0.4, 0.5) is 5.82 Å². The number of nitrogens with zero attached hydrogens (tertiary/aromatic N) is 1. The molecule has 0 unspecified atom stereocenters. The fraction of sp³-hybridized carbons (Fsp3) is 0.600. The van der Waals surface area contributed by atoms with Crippen LogP contribution in [-0.4, -0.2) is 23.6 Å². The van der Waals surface area contributed by atoms with Gasteiger partial charge in [0.1, 0.15) is 5.82 Å². The van der Waals surface area contributed by atoms with E-state index >= 15 is 0 Å². The third-order valence-electron chi connectivity index (χ3n) is 3.56. The Labute approximate surface area is 114 Å². The lowest BCUT2D eigenvalue weighted by atomic mass is 9.85. The van der Waals surface area contributed by atoms with Crippen molar-refractivity contribution in [1.29, 1.82) is 0 Å². The number of hydrogen-bond acceptors (Lipinski definition) is 4. The van der Waals surface area contributed by atoms with Crippen molar-refractivity contribution >= 4 is 11.8 Å². The number of esters is 1. The molecule has 1 aromatic heterocycles. The highest BCUT2D eigenvalue weighted by molar-refractivity contribution is 5.72. The first-order chi connectivity index (χ1) is 9.19. The van der Waals surface area contributed by atoms with E-state index in [2.05, 4.69) is 10.3 Å². The minimum Gasteiger partial charge on any atom is -0.466 e. The summed E-state index contributed by atoms with van der Waals surface area (Å²) < 4.78 is 5.11. The van der Waals surface area contributed by atoms with Crippen molar-refractivity contribution in [2.24, 2.45) is 5.92 Å². The molecule has 1 aliphatic carbocycles. The highest BCUT2D eigenvalue weighted by Gasteiger charge is 2.28. The second-order valence-corrected chi connectivity index (χ2v) is 5.18. The number of aryl methyl sites for hydroxylation is 1. The first-order valence-corrected chi connectivity index (χ1v) is 7.05. The maximum atomic E-state index is 11.8. The van der Waals surface area contributed by atoms with Crippen LogP contribution >= 0.6 is 0 Å². The van der Waals surface area contributed by atoms with E-state index in [1.54, 1.807) is 0 Å². The standard InChI is InChI=1S/C15H22N2O2/c1-3-19-15(18)12-5-4-6-13(9-12)17-14-8-7-11(2)10-16-14/h7-8,10,12-13H,3-6,9H2,1-2H3,(H,16,17)/t12-,13+/m1/s1. The van der Waals surface area contributed by atoms with Crippen molar-refractivity contribution in [3.05, 3.63) is 23.9 Å². The van der Waals surface area contributed by atoms with E-state index in [4.69, 9.17) is 4.74 Å². The number of carbonyl (C=O) groups excluding carboxylic acids is 1. The van der Waals surface area contributed by atoms with Gasteiger partial charge in [-0.25, -0.2) is 4.98 Å². The molecule has 0 bridgehead atoms. The number of nitrogens with one attached hydrogen (secondary N) is 1. The van der Waals surface area contributed by atoms with Crippen molar-refractivity contribution in [2.75, 3.05) is 11.9 Å². The summed E-state index contributed by atoms with van der Waals surface area (Å²) in [6.07, 6.45) is 5.79. The first kappa shape index (κ1) is 13.8. The lowest BCUT2D eigenvalue weighted by Crippen LogP contribution is -2.32. The topological polar surface area (TPSA) is 51.2 Å². The van der Waals surface area contributed by atoms with Crippen molar-refractivity contribution in [3.8, 4) is 0 Å². The predicted molar refractivity (Wildman–Crippen MR) is 75.0 cm³/mol. The molecule has 2 atom stereocenters. The maximum Gasteiger partial charge on any atom is 0.308 e. The van der Waals surface area contributed by atoms with E-state index in [9.17, 15) is 4.79 Å². The molecule has 1 aliphatic rings. The van der Waals surface area contributed by atoms with Gasteiger partial charge in [-0.3, -0.25) is 4.79 Å². The van der Waals surface area contributed by atoms with Gasteiger partial charge < -0.3 is 10.1 Å². The second kappa shape index (κ2) is 6.55. The molecule has 1 N–H and O–H groups in total. The van der Waals surface area contributed by atoms with Crippen LogP contribution in [0.5, 0.6) is 0 Å². The van der Waals surface area contributed by atoms with Gasteiger partial charge in [0.2, 0.25) is 0 Å². The SMILES string of the molecule is CCOC(=O)[C@@H]1CCC[C@H](Nc2ccc(C)cn2)C1. The first-order valence-electron chi connectivity index (χ1n) is 7.05. The summed E-state index contributed by atoms with van der Waals surface area (Å²) in [7, 11) is 0. The lowest BCUT2D eigenvalue weighted by Gasteiger charge is -2.28. The molecule has 0 saturated heterocycles. The molecule has 4 nitrogen and oxygen atoms in total. The molecule has 4 heteroatoms. The summed E-state index contributed by atoms with van der Waals surface area (Å²) in [5, 5.41) is 3.42. The average molecular weight is 262 g/mol. The minimum atomic E-state index is -0.0501. The van der Waals surface area contributed by atoms with Crippen molar-refractivity contribution in [1.82, 2.24) is 4.98 Å². The number of aromatic nitrogens is 1. The molecular formula is C15H22N2O2. The molecule has 1 saturated carbocycles. The summed E-state index contributed by atoms with van der Waals surface area (Å²) in [4.78, 5) is 16.1. The van der Waals surface area contributed by atoms with Crippen LogP contribution in [0.25, 0.3) is 0 Å². The molecule has 1 heterocycles. The Bertz CT molecular complexity index is 417. The Kier molecular flexibility index (Phi) is 4.77. The second-order valence-electron chi connectivity index (χ2n) is 5.18. The number of anilines is 1. The number of hydrogen-bond donors (Lipinski definition) is 1. The molecule has 0 spiro atoms. The smallest absolute Gasteiger partial charge is 0.308 e. The molecule has 19 heavy (non-hydrogen) atoms. The summed E-state index contributed by atoms with van der Waals surface area (Å²) in [6, 6.07) is 4.35. The fourth-order valence-electron chi connectivity index (χ4n) is 2.56. The predicted octanol–water partition coefficient (Wildman–Crippen LogP) is 2.92. The molecule has 0 amide bonds. The third-order valence-corrected chi connectivity index (χ3v) is 3.56. The quantitative estimate of drug-likeness (QED) is 0.848. The maximum absolute atomic E-state index is 11.8. The normalized spacial score (nSPS) is 22.8. The average Bonchev–Trinajstić information content (AvgIpc) is 2.42. The molecule has 0 radical (unpaired) electrons. The van der Waals surface area contributed by atoms with Crippen LogP contribution in [0.3, 0.4) is 0 Å². The van der Waals surface area contributed by atoms with Crippen LogP contribution in [0.2, 0.25) is 0 Å². The van der Waals surface area contributed by atoms with Gasteiger partial charge in [-0.1, -0.05) is 12.5 Å². The zero-order chi connectivity index (χ0) is 13.7. The van der Waals surface area contributed by atoms with Gasteiger partial charge in [0, 0.05) is 12.2 Å². The fourth-order valence-corrected chi connectivity index (χ4v) is 2.56. The number of pyridine rings is 1. The molecular weight excluding hydrogens is 240 g/mol. The third kappa shape index (κ3) is 3.94. The monoisotopic (exact) mass is 262 g/mol. The van der Waals surface area contributed by atoms with E-state index in [0.29, 0.717) is 12.6 Å². The Morgan fingerprint density at radius 2 is 2.32 bits per heavy atom. The molecule has 104 valence electrons. The van der Waals surface area contributed by atoms with Gasteiger partial charge in [0.25, 0.3) is 0 Å². The Morgan fingerprint density at radius 1 is 1.47 bits per heavy atom.